The van der Waals surface area contributed by atoms with Crippen molar-refractivity contribution in [1.29, 1.82) is 0 Å². The van der Waals surface area contributed by atoms with E-state index in [9.17, 15) is 34.8 Å². The molecule has 0 saturated heterocycles. The number of carbonyl (C=O) groups is 3. The first-order chi connectivity index (χ1) is 19.2. The van der Waals surface area contributed by atoms with Gasteiger partial charge in [-0.3, -0.25) is 19.3 Å². The van der Waals surface area contributed by atoms with Crippen LogP contribution in [0, 0.1) is 11.8 Å². The maximum atomic E-state index is 14.3. The van der Waals surface area contributed by atoms with Gasteiger partial charge in [-0.05, 0) is 71.7 Å². The minimum atomic E-state index is -2.67. The van der Waals surface area contributed by atoms with Crippen LogP contribution in [0.15, 0.2) is 23.0 Å². The monoisotopic (exact) mass is 570 g/mol. The summed E-state index contributed by atoms with van der Waals surface area (Å²) in [6.45, 7) is 12.3. The zero-order valence-corrected chi connectivity index (χ0v) is 24.9. The van der Waals surface area contributed by atoms with Gasteiger partial charge >= 0.3 is 0 Å². The molecule has 224 valence electrons. The van der Waals surface area contributed by atoms with E-state index in [2.05, 4.69) is 4.90 Å². The van der Waals surface area contributed by atoms with Crippen molar-refractivity contribution < 1.29 is 34.8 Å². The fraction of sp³-hybridized carbons (Fsp3) is 0.567. The Morgan fingerprint density at radius 3 is 2.02 bits per heavy atom. The van der Waals surface area contributed by atoms with E-state index < -0.39 is 64.0 Å². The summed E-state index contributed by atoms with van der Waals surface area (Å²) in [4.78, 5) is 45.4. The van der Waals surface area contributed by atoms with E-state index in [0.29, 0.717) is 37.4 Å². The summed E-state index contributed by atoms with van der Waals surface area (Å²) < 4.78 is 0. The molecule has 41 heavy (non-hydrogen) atoms. The van der Waals surface area contributed by atoms with Crippen LogP contribution in [-0.2, 0) is 14.4 Å². The quantitative estimate of drug-likeness (QED) is 0.292. The average molecular weight is 571 g/mol. The van der Waals surface area contributed by atoms with Crippen molar-refractivity contribution >= 4 is 34.6 Å². The third-order valence-corrected chi connectivity index (χ3v) is 9.36. The third-order valence-electron chi connectivity index (χ3n) is 9.36. The molecule has 6 N–H and O–H groups in total. The Hall–Kier alpha value is -3.57. The second-order valence-corrected chi connectivity index (χ2v) is 11.4. The number of hydrogen-bond donors (Lipinski definition) is 5. The smallest absolute Gasteiger partial charge is 0.255 e. The first kappa shape index (κ1) is 30.4. The van der Waals surface area contributed by atoms with Gasteiger partial charge < -0.3 is 36.0 Å². The van der Waals surface area contributed by atoms with E-state index in [1.165, 1.54) is 4.90 Å². The van der Waals surface area contributed by atoms with Gasteiger partial charge in [0.25, 0.3) is 5.91 Å². The number of benzene rings is 1. The molecule has 1 aromatic rings. The molecule has 0 bridgehead atoms. The van der Waals surface area contributed by atoms with Crippen LogP contribution in [0.4, 0.5) is 11.4 Å². The van der Waals surface area contributed by atoms with Crippen molar-refractivity contribution in [3.8, 4) is 5.75 Å². The van der Waals surface area contributed by atoms with Crippen LogP contribution >= 0.6 is 0 Å². The second kappa shape index (κ2) is 10.7. The van der Waals surface area contributed by atoms with Gasteiger partial charge in [0.1, 0.15) is 22.8 Å². The number of carbonyl (C=O) groups excluding carboxylic acids is 3. The van der Waals surface area contributed by atoms with Crippen LogP contribution < -0.4 is 15.5 Å². The summed E-state index contributed by atoms with van der Waals surface area (Å²) in [6.07, 6.45) is 0.0448. The van der Waals surface area contributed by atoms with Crippen LogP contribution in [0.3, 0.4) is 0 Å². The molecule has 1 amide bonds. The van der Waals surface area contributed by atoms with E-state index in [4.69, 9.17) is 5.73 Å². The standard InChI is InChI=1S/C30H42N4O7/c1-8-33(9-2)17-13-18(34(10-3)11-4)24(35)21-19(17)14(5)15-12-16-23(32(6)7)26(37)22(29(31)40)28(39)30(16,41)27(38)20(15)25(21)36/h13-16,23,35-36,39,41H,8-12H2,1-7H3,(H2,31,40)/t14?,15-,16+,23+,30+/m1/s1. The Morgan fingerprint density at radius 1 is 1.00 bits per heavy atom. The summed E-state index contributed by atoms with van der Waals surface area (Å²) in [7, 11) is 3.17. The maximum Gasteiger partial charge on any atom is 0.255 e. The lowest BCUT2D eigenvalue weighted by Gasteiger charge is -2.51. The van der Waals surface area contributed by atoms with Crippen LogP contribution in [0.1, 0.15) is 58.1 Å². The maximum absolute atomic E-state index is 14.3. The van der Waals surface area contributed by atoms with E-state index in [0.717, 1.165) is 5.69 Å². The number of anilines is 2. The number of ketones is 2. The molecule has 3 aliphatic carbocycles. The molecule has 0 heterocycles. The molecule has 0 spiro atoms. The predicted octanol–water partition coefficient (Wildman–Crippen LogP) is 2.22. The Morgan fingerprint density at radius 2 is 1.54 bits per heavy atom. The number of Topliss-reactive ketones (excluding diaryl/α,β-unsaturated/α-hetero) is 2. The van der Waals surface area contributed by atoms with Gasteiger partial charge in [-0.15, -0.1) is 0 Å². The van der Waals surface area contributed by atoms with Gasteiger partial charge in [0.15, 0.2) is 11.4 Å². The fourth-order valence-corrected chi connectivity index (χ4v) is 7.28. The van der Waals surface area contributed by atoms with E-state index in [-0.39, 0.29) is 23.3 Å². The minimum Gasteiger partial charge on any atom is -0.508 e. The molecule has 1 fully saturated rings. The van der Waals surface area contributed by atoms with Crippen molar-refractivity contribution in [1.82, 2.24) is 4.90 Å². The molecular formula is C30H42N4O7. The topological polar surface area (TPSA) is 168 Å². The molecule has 11 nitrogen and oxygen atoms in total. The summed E-state index contributed by atoms with van der Waals surface area (Å²) >= 11 is 0. The molecule has 5 atom stereocenters. The van der Waals surface area contributed by atoms with Gasteiger partial charge in [0.2, 0.25) is 5.78 Å². The van der Waals surface area contributed by atoms with E-state index in [1.807, 2.05) is 45.6 Å². The van der Waals surface area contributed by atoms with Crippen LogP contribution in [0.2, 0.25) is 0 Å². The van der Waals surface area contributed by atoms with E-state index >= 15 is 0 Å². The van der Waals surface area contributed by atoms with Crippen molar-refractivity contribution in [3.63, 3.8) is 0 Å². The van der Waals surface area contributed by atoms with Gasteiger partial charge in [-0.25, -0.2) is 0 Å². The Bertz CT molecular complexity index is 1360. The normalized spacial score (nSPS) is 27.5. The number of rotatable bonds is 8. The van der Waals surface area contributed by atoms with Crippen LogP contribution in [-0.4, -0.2) is 94.7 Å². The number of likely N-dealkylation sites (N-methyl/N-ethyl adjacent to an activating group) is 1. The van der Waals surface area contributed by atoms with Gasteiger partial charge in [-0.1, -0.05) is 6.92 Å². The number of aromatic hydroxyl groups is 1. The fourth-order valence-electron chi connectivity index (χ4n) is 7.28. The number of phenolic OH excluding ortho intramolecular Hbond substituents is 1. The Labute approximate surface area is 240 Å². The van der Waals surface area contributed by atoms with Gasteiger partial charge in [-0.2, -0.15) is 0 Å². The van der Waals surface area contributed by atoms with Crippen molar-refractivity contribution in [2.24, 2.45) is 17.6 Å². The number of fused-ring (bicyclic) bond motifs is 3. The molecule has 0 radical (unpaired) electrons. The van der Waals surface area contributed by atoms with Crippen molar-refractivity contribution in [2.45, 2.75) is 58.6 Å². The van der Waals surface area contributed by atoms with Crippen LogP contribution in [0.25, 0.3) is 5.76 Å². The minimum absolute atomic E-state index is 0.0448. The summed E-state index contributed by atoms with van der Waals surface area (Å²) in [5.74, 6) is -6.98. The van der Waals surface area contributed by atoms with Gasteiger partial charge in [0, 0.05) is 43.4 Å². The highest BCUT2D eigenvalue weighted by Crippen LogP contribution is 2.58. The highest BCUT2D eigenvalue weighted by molar-refractivity contribution is 6.24. The zero-order chi connectivity index (χ0) is 30.7. The van der Waals surface area contributed by atoms with E-state index in [1.54, 1.807) is 14.1 Å². The van der Waals surface area contributed by atoms with Gasteiger partial charge in [0.05, 0.1) is 17.3 Å². The summed E-state index contributed by atoms with van der Waals surface area (Å²) in [5.41, 5.74) is 3.88. The lowest BCUT2D eigenvalue weighted by molar-refractivity contribution is -0.154. The van der Waals surface area contributed by atoms with Crippen LogP contribution in [0.5, 0.6) is 5.75 Å². The molecule has 4 rings (SSSR count). The molecule has 0 aromatic heterocycles. The summed E-state index contributed by atoms with van der Waals surface area (Å²) in [5, 5.41) is 46.4. The first-order valence-corrected chi connectivity index (χ1v) is 14.3. The largest absolute Gasteiger partial charge is 0.508 e. The highest BCUT2D eigenvalue weighted by Gasteiger charge is 2.65. The molecule has 1 unspecified atom stereocenters. The molecule has 1 saturated carbocycles. The number of nitrogens with two attached hydrogens (primary N) is 1. The molecule has 0 aliphatic heterocycles. The number of phenols is 1. The lowest BCUT2D eigenvalue weighted by atomic mass is 9.55. The number of primary amides is 1. The number of amides is 1. The first-order valence-electron chi connectivity index (χ1n) is 14.3. The number of nitrogens with zero attached hydrogens (tertiary/aromatic N) is 3. The molecule has 11 heteroatoms. The zero-order valence-electron chi connectivity index (χ0n) is 24.9. The lowest BCUT2D eigenvalue weighted by Crippen LogP contribution is -2.66. The molecule has 3 aliphatic rings. The molecular weight excluding hydrogens is 528 g/mol. The van der Waals surface area contributed by atoms with Crippen molar-refractivity contribution in [2.75, 3.05) is 50.1 Å². The second-order valence-electron chi connectivity index (χ2n) is 11.4. The Balaban J connectivity index is 2.08. The molecule has 1 aromatic carbocycles. The van der Waals surface area contributed by atoms with Crippen molar-refractivity contribution in [3.05, 3.63) is 34.1 Å². The number of hydrogen-bond acceptors (Lipinski definition) is 10. The number of aliphatic hydroxyl groups excluding tert-OH is 2. The average Bonchev–Trinajstić information content (AvgIpc) is 2.91. The highest BCUT2D eigenvalue weighted by atomic mass is 16.3. The summed E-state index contributed by atoms with van der Waals surface area (Å²) in [6, 6.07) is 0.796. The number of aliphatic hydroxyl groups is 3. The SMILES string of the molecule is CCN(CC)c1cc(N(CC)CC)c2c(c1O)C(O)=C1C(=O)[C@]3(O)C(O)=C(C(N)=O)C(=O)[C@@H](N(C)C)[C@@H]3C[C@@H]1C2C. The Kier molecular flexibility index (Phi) is 7.92. The predicted molar refractivity (Wildman–Crippen MR) is 156 cm³/mol. The third kappa shape index (κ3) is 4.12.